The molecule has 3 rings (SSSR count). The lowest BCUT2D eigenvalue weighted by molar-refractivity contribution is -0.123. The Hall–Kier alpha value is -3.65. The molecule has 1 N–H and O–H groups in total. The van der Waals surface area contributed by atoms with Gasteiger partial charge < -0.3 is 10.1 Å². The molecule has 4 nitrogen and oxygen atoms in total. The number of carbonyl (C=O) groups excluding carboxylic acids is 1. The first-order chi connectivity index (χ1) is 13.7. The minimum atomic E-state index is -1.07. The Balaban J connectivity index is 1.63. The summed E-state index contributed by atoms with van der Waals surface area (Å²) in [6.07, 6.45) is 0.675. The van der Waals surface area contributed by atoms with Gasteiger partial charge in [-0.05, 0) is 23.3 Å². The van der Waals surface area contributed by atoms with Crippen molar-refractivity contribution in [2.45, 2.75) is 12.5 Å². The fourth-order valence-electron chi connectivity index (χ4n) is 2.84. The third-order valence-corrected chi connectivity index (χ3v) is 4.22. The predicted molar refractivity (Wildman–Crippen MR) is 104 cm³/mol. The van der Waals surface area contributed by atoms with Crippen LogP contribution in [0, 0.1) is 17.1 Å². The Kier molecular flexibility index (Phi) is 6.37. The molecular formula is C23H19FN2O2. The molecule has 3 aromatic rings. The largest absolute Gasteiger partial charge is 0.483 e. The summed E-state index contributed by atoms with van der Waals surface area (Å²) < 4.78 is 19.5. The normalized spacial score (nSPS) is 11.3. The molecule has 0 bridgehead atoms. The molecule has 1 amide bonds. The van der Waals surface area contributed by atoms with E-state index in [1.807, 2.05) is 54.6 Å². The number of nitrogens with one attached hydrogen (secondary N) is 1. The summed E-state index contributed by atoms with van der Waals surface area (Å²) in [7, 11) is 0. The van der Waals surface area contributed by atoms with Crippen LogP contribution in [0.1, 0.15) is 22.7 Å². The van der Waals surface area contributed by atoms with Gasteiger partial charge in [-0.25, -0.2) is 4.39 Å². The summed E-state index contributed by atoms with van der Waals surface area (Å²) in [4.78, 5) is 12.2. The van der Waals surface area contributed by atoms with Crippen molar-refractivity contribution in [1.29, 1.82) is 5.26 Å². The van der Waals surface area contributed by atoms with Gasteiger partial charge in [-0.15, -0.1) is 0 Å². The van der Waals surface area contributed by atoms with Crippen LogP contribution in [0.3, 0.4) is 0 Å². The van der Waals surface area contributed by atoms with Gasteiger partial charge in [0.2, 0.25) is 0 Å². The van der Waals surface area contributed by atoms with Gasteiger partial charge in [0.25, 0.3) is 5.91 Å². The van der Waals surface area contributed by atoms with E-state index in [9.17, 15) is 14.4 Å². The summed E-state index contributed by atoms with van der Waals surface area (Å²) in [6, 6.07) is 24.1. The lowest BCUT2D eigenvalue weighted by Gasteiger charge is -2.14. The van der Waals surface area contributed by atoms with Crippen LogP contribution in [-0.4, -0.2) is 12.5 Å². The molecule has 0 aromatic heterocycles. The zero-order chi connectivity index (χ0) is 19.8. The van der Waals surface area contributed by atoms with E-state index in [2.05, 4.69) is 5.32 Å². The quantitative estimate of drug-likeness (QED) is 0.675. The second kappa shape index (κ2) is 9.33. The van der Waals surface area contributed by atoms with Crippen molar-refractivity contribution in [3.63, 3.8) is 0 Å². The molecule has 0 spiro atoms. The number of ether oxygens (including phenoxy) is 1. The molecule has 0 aliphatic carbocycles. The van der Waals surface area contributed by atoms with Crippen molar-refractivity contribution in [2.75, 3.05) is 6.61 Å². The monoisotopic (exact) mass is 374 g/mol. The zero-order valence-electron chi connectivity index (χ0n) is 15.1. The molecule has 0 saturated heterocycles. The topological polar surface area (TPSA) is 62.1 Å². The summed E-state index contributed by atoms with van der Waals surface area (Å²) in [5, 5.41) is 11.8. The van der Waals surface area contributed by atoms with Crippen LogP contribution in [0.2, 0.25) is 0 Å². The van der Waals surface area contributed by atoms with Crippen molar-refractivity contribution < 1.29 is 13.9 Å². The van der Waals surface area contributed by atoms with Gasteiger partial charge in [0.05, 0.1) is 6.07 Å². The van der Waals surface area contributed by atoms with Gasteiger partial charge in [-0.3, -0.25) is 4.79 Å². The standard InChI is InChI=1S/C23H19FN2O2/c24-20-12-6-5-11-19(20)21(15-25)26-23(27)16-28-22-13-7-4-10-18(22)14-17-8-2-1-3-9-17/h1-13,21H,14,16H2,(H,26,27). The van der Waals surface area contributed by atoms with Gasteiger partial charge in [-0.1, -0.05) is 66.7 Å². The van der Waals surface area contributed by atoms with Crippen LogP contribution in [-0.2, 0) is 11.2 Å². The highest BCUT2D eigenvalue weighted by Gasteiger charge is 2.17. The van der Waals surface area contributed by atoms with Crippen LogP contribution in [0.25, 0.3) is 0 Å². The minimum absolute atomic E-state index is 0.128. The molecule has 140 valence electrons. The third kappa shape index (κ3) is 4.95. The summed E-state index contributed by atoms with van der Waals surface area (Å²) in [5.41, 5.74) is 2.21. The van der Waals surface area contributed by atoms with E-state index in [-0.39, 0.29) is 12.2 Å². The molecule has 0 heterocycles. The molecule has 5 heteroatoms. The fourth-order valence-corrected chi connectivity index (χ4v) is 2.84. The maximum absolute atomic E-state index is 13.9. The van der Waals surface area contributed by atoms with Gasteiger partial charge in [0.1, 0.15) is 17.6 Å². The third-order valence-electron chi connectivity index (χ3n) is 4.22. The Bertz CT molecular complexity index is 983. The summed E-state index contributed by atoms with van der Waals surface area (Å²) >= 11 is 0. The SMILES string of the molecule is N#CC(NC(=O)COc1ccccc1Cc1ccccc1)c1ccccc1F. The number of hydrogen-bond donors (Lipinski definition) is 1. The Morgan fingerprint density at radius 2 is 1.68 bits per heavy atom. The van der Waals surface area contributed by atoms with Crippen LogP contribution in [0.5, 0.6) is 5.75 Å². The first-order valence-corrected chi connectivity index (χ1v) is 8.85. The highest BCUT2D eigenvalue weighted by molar-refractivity contribution is 5.78. The maximum Gasteiger partial charge on any atom is 0.259 e. The van der Waals surface area contributed by atoms with E-state index < -0.39 is 17.8 Å². The summed E-state index contributed by atoms with van der Waals surface area (Å²) in [6.45, 7) is -0.265. The van der Waals surface area contributed by atoms with Crippen molar-refractivity contribution in [3.05, 3.63) is 101 Å². The predicted octanol–water partition coefficient (Wildman–Crippen LogP) is 4.18. The molecule has 0 radical (unpaired) electrons. The van der Waals surface area contributed by atoms with Crippen LogP contribution in [0.4, 0.5) is 4.39 Å². The first-order valence-electron chi connectivity index (χ1n) is 8.85. The smallest absolute Gasteiger partial charge is 0.259 e. The summed E-state index contributed by atoms with van der Waals surface area (Å²) in [5.74, 6) is -0.436. The molecule has 0 aliphatic rings. The Labute approximate surface area is 163 Å². The van der Waals surface area contributed by atoms with Crippen molar-refractivity contribution in [2.24, 2.45) is 0 Å². The van der Waals surface area contributed by atoms with E-state index in [1.165, 1.54) is 18.2 Å². The lowest BCUT2D eigenvalue weighted by Crippen LogP contribution is -2.32. The Morgan fingerprint density at radius 1 is 1.00 bits per heavy atom. The van der Waals surface area contributed by atoms with E-state index >= 15 is 0 Å². The number of nitriles is 1. The molecular weight excluding hydrogens is 355 g/mol. The molecule has 1 unspecified atom stereocenters. The second-order valence-electron chi connectivity index (χ2n) is 6.21. The van der Waals surface area contributed by atoms with Crippen molar-refractivity contribution >= 4 is 5.91 Å². The molecule has 28 heavy (non-hydrogen) atoms. The number of amides is 1. The number of para-hydroxylation sites is 1. The number of benzene rings is 3. The average molecular weight is 374 g/mol. The van der Waals surface area contributed by atoms with E-state index in [0.717, 1.165) is 11.1 Å². The van der Waals surface area contributed by atoms with Crippen LogP contribution < -0.4 is 10.1 Å². The zero-order valence-corrected chi connectivity index (χ0v) is 15.1. The lowest BCUT2D eigenvalue weighted by atomic mass is 10.0. The number of nitrogens with zero attached hydrogens (tertiary/aromatic N) is 1. The maximum atomic E-state index is 13.9. The number of rotatable bonds is 7. The van der Waals surface area contributed by atoms with Gasteiger partial charge in [0.15, 0.2) is 6.61 Å². The molecule has 1 atom stereocenters. The number of halogens is 1. The fraction of sp³-hybridized carbons (Fsp3) is 0.130. The molecule has 0 fully saturated rings. The van der Waals surface area contributed by atoms with E-state index in [1.54, 1.807) is 12.1 Å². The highest BCUT2D eigenvalue weighted by atomic mass is 19.1. The molecule has 0 saturated carbocycles. The van der Waals surface area contributed by atoms with Gasteiger partial charge in [-0.2, -0.15) is 5.26 Å². The van der Waals surface area contributed by atoms with E-state index in [0.29, 0.717) is 12.2 Å². The molecule has 3 aromatic carbocycles. The minimum Gasteiger partial charge on any atom is -0.483 e. The van der Waals surface area contributed by atoms with Crippen molar-refractivity contribution in [3.8, 4) is 11.8 Å². The number of hydrogen-bond acceptors (Lipinski definition) is 3. The van der Waals surface area contributed by atoms with Gasteiger partial charge in [0, 0.05) is 12.0 Å². The molecule has 0 aliphatic heterocycles. The van der Waals surface area contributed by atoms with Crippen LogP contribution in [0.15, 0.2) is 78.9 Å². The number of carbonyl (C=O) groups is 1. The van der Waals surface area contributed by atoms with Crippen LogP contribution >= 0.6 is 0 Å². The van der Waals surface area contributed by atoms with E-state index in [4.69, 9.17) is 4.74 Å². The van der Waals surface area contributed by atoms with Gasteiger partial charge >= 0.3 is 0 Å². The Morgan fingerprint density at radius 3 is 2.43 bits per heavy atom. The first kappa shape index (κ1) is 19.1. The van der Waals surface area contributed by atoms with Crippen molar-refractivity contribution in [1.82, 2.24) is 5.32 Å². The highest BCUT2D eigenvalue weighted by Crippen LogP contribution is 2.21. The second-order valence-corrected chi connectivity index (χ2v) is 6.21. The average Bonchev–Trinajstić information content (AvgIpc) is 2.73.